The summed E-state index contributed by atoms with van der Waals surface area (Å²) in [6.07, 6.45) is -4.35. The lowest BCUT2D eigenvalue weighted by Gasteiger charge is -2.24. The summed E-state index contributed by atoms with van der Waals surface area (Å²) in [6.45, 7) is -0.274. The lowest BCUT2D eigenvalue weighted by molar-refractivity contribution is -0.183. The minimum absolute atomic E-state index is 0.00559. The van der Waals surface area contributed by atoms with Crippen molar-refractivity contribution in [3.63, 3.8) is 0 Å². The number of anilines is 2. The first-order valence-electron chi connectivity index (χ1n) is 10.9. The molecule has 2 amide bonds. The molecule has 0 bridgehead atoms. The first-order valence-corrected chi connectivity index (χ1v) is 10.9. The summed E-state index contributed by atoms with van der Waals surface area (Å²) >= 11 is 0. The van der Waals surface area contributed by atoms with Gasteiger partial charge in [-0.1, -0.05) is 0 Å². The van der Waals surface area contributed by atoms with Gasteiger partial charge in [-0.3, -0.25) is 19.3 Å². The van der Waals surface area contributed by atoms with Crippen LogP contribution < -0.4 is 9.80 Å². The Kier molecular flexibility index (Phi) is 7.61. The van der Waals surface area contributed by atoms with Crippen molar-refractivity contribution >= 4 is 29.2 Å². The van der Waals surface area contributed by atoms with Crippen LogP contribution in [0.1, 0.15) is 12.8 Å². The van der Waals surface area contributed by atoms with Gasteiger partial charge in [-0.2, -0.15) is 4.80 Å². The molecule has 0 unspecified atom stereocenters. The number of alkyl halides is 2. The van der Waals surface area contributed by atoms with E-state index in [4.69, 9.17) is 9.57 Å². The molecule has 0 spiro atoms. The highest BCUT2D eigenvalue weighted by Crippen LogP contribution is 2.32. The summed E-state index contributed by atoms with van der Waals surface area (Å²) in [6, 6.07) is 1.91. The highest BCUT2D eigenvalue weighted by Gasteiger charge is 2.34. The van der Waals surface area contributed by atoms with Crippen LogP contribution >= 0.6 is 0 Å². The average Bonchev–Trinajstić information content (AvgIpc) is 3.40. The fourth-order valence-corrected chi connectivity index (χ4v) is 3.84. The third-order valence-corrected chi connectivity index (χ3v) is 5.59. The number of tetrazole rings is 1. The number of hydrogen-bond acceptors (Lipinski definition) is 9. The van der Waals surface area contributed by atoms with Crippen molar-refractivity contribution in [3.8, 4) is 0 Å². The monoisotopic (exact) mass is 515 g/mol. The molecule has 4 rings (SSSR count). The van der Waals surface area contributed by atoms with Gasteiger partial charge in [0.05, 0.1) is 25.4 Å². The Balaban J connectivity index is 1.40. The first kappa shape index (κ1) is 25.3. The molecule has 0 saturated carbocycles. The number of carbonyl (C=O) groups is 3. The molecular formula is C20H21F4N7O5. The lowest BCUT2D eigenvalue weighted by Crippen LogP contribution is -2.37. The van der Waals surface area contributed by atoms with Crippen molar-refractivity contribution in [2.24, 2.45) is 0 Å². The quantitative estimate of drug-likeness (QED) is 0.477. The van der Waals surface area contributed by atoms with E-state index in [0.717, 1.165) is 26.9 Å². The van der Waals surface area contributed by atoms with E-state index in [1.165, 1.54) is 11.2 Å². The summed E-state index contributed by atoms with van der Waals surface area (Å²) in [5.74, 6) is -3.66. The van der Waals surface area contributed by atoms with E-state index in [1.54, 1.807) is 0 Å². The van der Waals surface area contributed by atoms with Gasteiger partial charge < -0.3 is 9.64 Å². The number of ether oxygens (including phenoxy) is 1. The van der Waals surface area contributed by atoms with Crippen LogP contribution in [0, 0.1) is 11.6 Å². The standard InChI is InChI=1S/C20H21F4N7O5/c21-14-7-12(29-9-13(36-20(29)34)1-2-16(32)19(23)24)8-15(22)18(14)28-3-4-30(35-6-5-28)17(33)10-31-26-11-25-27-31/h7-8,11,13,19H,1-6,9-10H2/t13-/m0/s1. The number of aromatic nitrogens is 4. The normalized spacial score (nSPS) is 18.5. The van der Waals surface area contributed by atoms with Gasteiger partial charge in [-0.25, -0.2) is 27.4 Å². The maximum absolute atomic E-state index is 15.0. The Hall–Kier alpha value is -3.82. The number of halogens is 4. The van der Waals surface area contributed by atoms with Crippen LogP contribution in [0.25, 0.3) is 0 Å². The molecule has 2 saturated heterocycles. The van der Waals surface area contributed by atoms with E-state index in [-0.39, 0.29) is 57.1 Å². The fraction of sp³-hybridized carbons (Fsp3) is 0.500. The minimum Gasteiger partial charge on any atom is -0.444 e. The van der Waals surface area contributed by atoms with E-state index in [9.17, 15) is 23.2 Å². The lowest BCUT2D eigenvalue weighted by atomic mass is 10.1. The Morgan fingerprint density at radius 2 is 1.89 bits per heavy atom. The molecule has 2 aliphatic rings. The third-order valence-electron chi connectivity index (χ3n) is 5.59. The molecule has 12 nitrogen and oxygen atoms in total. The Bertz CT molecular complexity index is 1100. The van der Waals surface area contributed by atoms with Crippen LogP contribution in [0.5, 0.6) is 0 Å². The number of hydroxylamine groups is 2. The number of benzene rings is 1. The van der Waals surface area contributed by atoms with Gasteiger partial charge in [0.2, 0.25) is 0 Å². The van der Waals surface area contributed by atoms with Crippen molar-refractivity contribution in [1.82, 2.24) is 25.3 Å². The number of ketones is 1. The third kappa shape index (κ3) is 5.69. The predicted molar refractivity (Wildman–Crippen MR) is 112 cm³/mol. The van der Waals surface area contributed by atoms with Gasteiger partial charge in [-0.15, -0.1) is 10.2 Å². The fourth-order valence-electron chi connectivity index (χ4n) is 3.84. The van der Waals surface area contributed by atoms with E-state index in [2.05, 4.69) is 15.4 Å². The second-order valence-electron chi connectivity index (χ2n) is 7.96. The zero-order valence-electron chi connectivity index (χ0n) is 18.7. The zero-order valence-corrected chi connectivity index (χ0v) is 18.7. The van der Waals surface area contributed by atoms with Crippen molar-refractivity contribution in [2.75, 3.05) is 42.6 Å². The van der Waals surface area contributed by atoms with Crippen molar-refractivity contribution in [2.45, 2.75) is 31.9 Å². The zero-order chi connectivity index (χ0) is 25.8. The van der Waals surface area contributed by atoms with Crippen molar-refractivity contribution < 1.29 is 41.5 Å². The van der Waals surface area contributed by atoms with Crippen LogP contribution in [0.2, 0.25) is 0 Å². The molecule has 1 atom stereocenters. The van der Waals surface area contributed by atoms with Crippen LogP contribution in [0.3, 0.4) is 0 Å². The van der Waals surface area contributed by atoms with Gasteiger partial charge in [0.1, 0.15) is 18.3 Å². The Morgan fingerprint density at radius 1 is 1.14 bits per heavy atom. The molecule has 16 heteroatoms. The molecule has 0 aliphatic carbocycles. The summed E-state index contributed by atoms with van der Waals surface area (Å²) in [4.78, 5) is 44.5. The molecule has 194 valence electrons. The summed E-state index contributed by atoms with van der Waals surface area (Å²) < 4.78 is 59.8. The molecular weight excluding hydrogens is 494 g/mol. The van der Waals surface area contributed by atoms with Gasteiger partial charge in [0, 0.05) is 31.6 Å². The molecule has 2 aliphatic heterocycles. The summed E-state index contributed by atoms with van der Waals surface area (Å²) in [7, 11) is 0. The molecule has 36 heavy (non-hydrogen) atoms. The Labute approximate surface area is 201 Å². The maximum atomic E-state index is 15.0. The van der Waals surface area contributed by atoms with Gasteiger partial charge in [0.15, 0.2) is 23.7 Å². The highest BCUT2D eigenvalue weighted by atomic mass is 19.3. The minimum atomic E-state index is -3.12. The van der Waals surface area contributed by atoms with E-state index in [0.29, 0.717) is 0 Å². The van der Waals surface area contributed by atoms with Crippen LogP contribution in [0.15, 0.2) is 18.5 Å². The molecule has 1 aromatic carbocycles. The van der Waals surface area contributed by atoms with E-state index in [1.807, 2.05) is 0 Å². The topological polar surface area (TPSA) is 123 Å². The average molecular weight is 515 g/mol. The number of nitrogens with zero attached hydrogens (tertiary/aromatic N) is 7. The molecule has 0 N–H and O–H groups in total. The number of rotatable bonds is 8. The molecule has 2 fully saturated rings. The molecule has 2 aromatic rings. The molecule has 3 heterocycles. The maximum Gasteiger partial charge on any atom is 0.414 e. The largest absolute Gasteiger partial charge is 0.444 e. The van der Waals surface area contributed by atoms with Gasteiger partial charge >= 0.3 is 6.09 Å². The van der Waals surface area contributed by atoms with Crippen molar-refractivity contribution in [1.29, 1.82) is 0 Å². The second kappa shape index (κ2) is 10.8. The summed E-state index contributed by atoms with van der Waals surface area (Å²) in [5, 5.41) is 11.9. The van der Waals surface area contributed by atoms with E-state index >= 15 is 8.78 Å². The molecule has 1 aromatic heterocycles. The molecule has 0 radical (unpaired) electrons. The van der Waals surface area contributed by atoms with Gasteiger partial charge in [-0.05, 0) is 11.6 Å². The predicted octanol–water partition coefficient (Wildman–Crippen LogP) is 1.17. The van der Waals surface area contributed by atoms with Crippen LogP contribution in [-0.2, 0) is 25.7 Å². The van der Waals surface area contributed by atoms with Crippen molar-refractivity contribution in [3.05, 3.63) is 30.1 Å². The smallest absolute Gasteiger partial charge is 0.414 e. The first-order chi connectivity index (χ1) is 17.2. The second-order valence-corrected chi connectivity index (χ2v) is 7.96. The van der Waals surface area contributed by atoms with Crippen LogP contribution in [-0.4, -0.2) is 88.4 Å². The SMILES string of the molecule is O=C(CC[C@H]1CN(c2cc(F)c(N3CCON(C(=O)Cn4ncnn4)CC3)c(F)c2)C(=O)O1)C(F)F. The number of amides is 2. The Morgan fingerprint density at radius 3 is 2.56 bits per heavy atom. The number of cyclic esters (lactones) is 1. The number of Topliss-reactive ketones (excluding diaryl/α,β-unsaturated/α-hetero) is 1. The highest BCUT2D eigenvalue weighted by molar-refractivity contribution is 5.90. The number of hydrogen-bond donors (Lipinski definition) is 0. The van der Waals surface area contributed by atoms with E-state index < -0.39 is 48.4 Å². The van der Waals surface area contributed by atoms with Gasteiger partial charge in [0.25, 0.3) is 12.3 Å². The van der Waals surface area contributed by atoms with Crippen LogP contribution in [0.4, 0.5) is 33.7 Å². The summed E-state index contributed by atoms with van der Waals surface area (Å²) in [5.41, 5.74) is -0.481. The number of carbonyl (C=O) groups excluding carboxylic acids is 3.